The molecule has 17 heteroatoms. The maximum absolute atomic E-state index is 14.9. The summed E-state index contributed by atoms with van der Waals surface area (Å²) in [4.78, 5) is 96.4. The Morgan fingerprint density at radius 2 is 1.62 bits per heavy atom. The van der Waals surface area contributed by atoms with Gasteiger partial charge in [0.05, 0.1) is 17.7 Å². The molecular weight excluding hydrogens is 784 g/mol. The Hall–Kier alpha value is -7.43. The summed E-state index contributed by atoms with van der Waals surface area (Å²) < 4.78 is 43.0. The topological polar surface area (TPSA) is 189 Å². The van der Waals surface area contributed by atoms with E-state index in [0.29, 0.717) is 27.9 Å². The molecule has 4 heterocycles. The van der Waals surface area contributed by atoms with Crippen molar-refractivity contribution >= 4 is 41.1 Å². The van der Waals surface area contributed by atoms with Gasteiger partial charge < -0.3 is 20.5 Å². The molecule has 1 saturated heterocycles. The number of rotatable bonds is 14. The van der Waals surface area contributed by atoms with E-state index in [0.717, 1.165) is 21.7 Å². The maximum Gasteiger partial charge on any atom is 0.264 e. The van der Waals surface area contributed by atoms with Crippen molar-refractivity contribution in [3.05, 3.63) is 153 Å². The van der Waals surface area contributed by atoms with E-state index in [2.05, 4.69) is 26.3 Å². The first-order valence-corrected chi connectivity index (χ1v) is 18.9. The minimum absolute atomic E-state index is 0.00683. The number of imide groups is 2. The number of aromatic nitrogens is 2. The standard InChI is InChI=1S/C43H36F3N7O7/c44-27-12-9-24(10-13-27)22-52-23-28(45)20-31(41(52)58)38(55)50-33(19-25-5-1-2-6-29(25)26-11-15-35(46)49-21-26)39(56)48-18-4-17-47-32-8-3-7-30-37(32)43(60)53(42(30)59)34-14-16-36(54)51-40(34)57/h1-3,5-13,15,20-21,23,33-34,47H,4,14,16-19,22H2,(H,48,56)(H,50,55)(H,51,54,57)/t33-,34?/m0/s1. The molecular formula is C43H36F3N7O7. The van der Waals surface area contributed by atoms with Crippen LogP contribution in [-0.2, 0) is 27.3 Å². The molecule has 306 valence electrons. The van der Waals surface area contributed by atoms with Crippen molar-refractivity contribution in [1.82, 2.24) is 30.4 Å². The zero-order chi connectivity index (χ0) is 42.5. The van der Waals surface area contributed by atoms with Gasteiger partial charge in [-0.2, -0.15) is 4.39 Å². The van der Waals surface area contributed by atoms with Crippen molar-refractivity contribution in [2.75, 3.05) is 18.4 Å². The van der Waals surface area contributed by atoms with Gasteiger partial charge in [0.15, 0.2) is 0 Å². The van der Waals surface area contributed by atoms with Gasteiger partial charge in [-0.05, 0) is 72.0 Å². The molecule has 7 rings (SSSR count). The third kappa shape index (κ3) is 8.84. The van der Waals surface area contributed by atoms with E-state index >= 15 is 0 Å². The predicted molar refractivity (Wildman–Crippen MR) is 210 cm³/mol. The van der Waals surface area contributed by atoms with E-state index in [1.807, 2.05) is 0 Å². The fourth-order valence-corrected chi connectivity index (χ4v) is 7.15. The van der Waals surface area contributed by atoms with Crippen LogP contribution < -0.4 is 26.8 Å². The summed E-state index contributed by atoms with van der Waals surface area (Å²) in [5.41, 5.74) is 1.22. The lowest BCUT2D eigenvalue weighted by molar-refractivity contribution is -0.136. The molecule has 1 fully saturated rings. The van der Waals surface area contributed by atoms with Crippen molar-refractivity contribution in [3.8, 4) is 11.1 Å². The van der Waals surface area contributed by atoms with Crippen molar-refractivity contribution < 1.29 is 41.9 Å². The van der Waals surface area contributed by atoms with Crippen LogP contribution in [0.2, 0.25) is 0 Å². The summed E-state index contributed by atoms with van der Waals surface area (Å²) in [6.07, 6.45) is 2.39. The molecule has 5 aromatic rings. The Morgan fingerprint density at radius 3 is 2.37 bits per heavy atom. The first-order valence-electron chi connectivity index (χ1n) is 18.9. The number of hydrogen-bond donors (Lipinski definition) is 4. The highest BCUT2D eigenvalue weighted by Gasteiger charge is 2.45. The van der Waals surface area contributed by atoms with E-state index in [-0.39, 0.29) is 56.4 Å². The number of nitrogens with one attached hydrogen (secondary N) is 4. The zero-order valence-corrected chi connectivity index (χ0v) is 31.7. The first kappa shape index (κ1) is 40.8. The van der Waals surface area contributed by atoms with Crippen molar-refractivity contribution in [3.63, 3.8) is 0 Å². The number of benzene rings is 3. The predicted octanol–water partition coefficient (Wildman–Crippen LogP) is 3.74. The maximum atomic E-state index is 14.9. The van der Waals surface area contributed by atoms with Crippen molar-refractivity contribution in [2.45, 2.75) is 44.3 Å². The molecule has 14 nitrogen and oxygen atoms in total. The second kappa shape index (κ2) is 17.6. The first-order chi connectivity index (χ1) is 28.9. The van der Waals surface area contributed by atoms with Crippen LogP contribution in [0.25, 0.3) is 11.1 Å². The van der Waals surface area contributed by atoms with E-state index < -0.39 is 76.2 Å². The number of carbonyl (C=O) groups excluding carboxylic acids is 6. The number of nitrogens with zero attached hydrogens (tertiary/aromatic N) is 3. The van der Waals surface area contributed by atoms with Gasteiger partial charge in [-0.1, -0.05) is 42.5 Å². The summed E-state index contributed by atoms with van der Waals surface area (Å²) in [6.45, 7) is 0.0872. The normalized spacial score (nSPS) is 15.3. The quantitative estimate of drug-likeness (QED) is 0.0736. The zero-order valence-electron chi connectivity index (χ0n) is 31.7. The minimum Gasteiger partial charge on any atom is -0.384 e. The highest BCUT2D eigenvalue weighted by Crippen LogP contribution is 2.32. The number of pyridine rings is 2. The van der Waals surface area contributed by atoms with Crippen LogP contribution in [0.4, 0.5) is 18.9 Å². The molecule has 2 aliphatic rings. The van der Waals surface area contributed by atoms with Gasteiger partial charge in [0, 0.05) is 49.6 Å². The fraction of sp³-hybridized carbons (Fsp3) is 0.209. The lowest BCUT2D eigenvalue weighted by Crippen LogP contribution is -2.54. The molecule has 0 spiro atoms. The van der Waals surface area contributed by atoms with Crippen LogP contribution >= 0.6 is 0 Å². The highest BCUT2D eigenvalue weighted by molar-refractivity contribution is 6.25. The van der Waals surface area contributed by atoms with Gasteiger partial charge >= 0.3 is 0 Å². The molecule has 1 unspecified atom stereocenters. The van der Waals surface area contributed by atoms with Gasteiger partial charge in [-0.15, -0.1) is 0 Å². The van der Waals surface area contributed by atoms with E-state index in [4.69, 9.17) is 0 Å². The van der Waals surface area contributed by atoms with Gasteiger partial charge in [-0.25, -0.2) is 13.8 Å². The molecule has 2 aliphatic heterocycles. The van der Waals surface area contributed by atoms with Gasteiger partial charge in [0.1, 0.15) is 29.3 Å². The van der Waals surface area contributed by atoms with Gasteiger partial charge in [0.2, 0.25) is 23.7 Å². The molecule has 0 aliphatic carbocycles. The molecule has 60 heavy (non-hydrogen) atoms. The van der Waals surface area contributed by atoms with Crippen LogP contribution in [0.15, 0.2) is 102 Å². The molecule has 2 aromatic heterocycles. The number of amides is 6. The molecule has 0 bridgehead atoms. The molecule has 3 aromatic carbocycles. The smallest absolute Gasteiger partial charge is 0.264 e. The van der Waals surface area contributed by atoms with Crippen molar-refractivity contribution in [2.24, 2.45) is 0 Å². The number of hydrogen-bond acceptors (Lipinski definition) is 9. The number of halogens is 3. The summed E-state index contributed by atoms with van der Waals surface area (Å²) in [5.74, 6) is -6.34. The van der Waals surface area contributed by atoms with Crippen LogP contribution in [0.3, 0.4) is 0 Å². The van der Waals surface area contributed by atoms with E-state index in [1.54, 1.807) is 36.4 Å². The monoisotopic (exact) mass is 819 g/mol. The van der Waals surface area contributed by atoms with Gasteiger partial charge in [-0.3, -0.25) is 43.8 Å². The second-order valence-corrected chi connectivity index (χ2v) is 14.1. The number of fused-ring (bicyclic) bond motifs is 1. The SMILES string of the molecule is O=C1CCC(N2C(=O)c3cccc(NCCCNC(=O)[C@H](Cc4ccccc4-c4ccc(F)nc4)NC(=O)c4cc(F)cn(Cc5ccc(F)cc5)c4=O)c3C2=O)C(=O)N1. The van der Waals surface area contributed by atoms with Crippen LogP contribution in [-0.4, -0.2) is 75.1 Å². The average molecular weight is 820 g/mol. The molecule has 2 atom stereocenters. The summed E-state index contributed by atoms with van der Waals surface area (Å²) in [7, 11) is 0. The fourth-order valence-electron chi connectivity index (χ4n) is 7.15. The third-order valence-corrected chi connectivity index (χ3v) is 10.1. The van der Waals surface area contributed by atoms with Gasteiger partial charge in [0.25, 0.3) is 23.3 Å². The number of piperidine rings is 1. The number of anilines is 1. The van der Waals surface area contributed by atoms with Crippen LogP contribution in [0.5, 0.6) is 0 Å². The summed E-state index contributed by atoms with van der Waals surface area (Å²) in [6, 6.07) is 17.7. The summed E-state index contributed by atoms with van der Waals surface area (Å²) >= 11 is 0. The van der Waals surface area contributed by atoms with Crippen LogP contribution in [0.1, 0.15) is 61.5 Å². The lowest BCUT2D eigenvalue weighted by atomic mass is 9.95. The van der Waals surface area contributed by atoms with Crippen LogP contribution in [0, 0.1) is 17.6 Å². The Balaban J connectivity index is 1.06. The Bertz CT molecular complexity index is 2580. The third-order valence-electron chi connectivity index (χ3n) is 10.1. The second-order valence-electron chi connectivity index (χ2n) is 14.1. The van der Waals surface area contributed by atoms with E-state index in [9.17, 15) is 46.7 Å². The Morgan fingerprint density at radius 1 is 0.850 bits per heavy atom. The minimum atomic E-state index is -1.31. The Labute approximate surface area is 339 Å². The lowest BCUT2D eigenvalue weighted by Gasteiger charge is -2.27. The molecule has 6 amide bonds. The average Bonchev–Trinajstić information content (AvgIpc) is 3.48. The molecule has 0 saturated carbocycles. The Kier molecular flexibility index (Phi) is 12.0. The summed E-state index contributed by atoms with van der Waals surface area (Å²) in [5, 5.41) is 10.6. The highest BCUT2D eigenvalue weighted by atomic mass is 19.1. The number of carbonyl (C=O) groups is 6. The molecule has 0 radical (unpaired) electrons. The molecule has 4 N–H and O–H groups in total. The van der Waals surface area contributed by atoms with Crippen molar-refractivity contribution in [1.29, 1.82) is 0 Å². The largest absolute Gasteiger partial charge is 0.384 e. The van der Waals surface area contributed by atoms with E-state index in [1.165, 1.54) is 48.7 Å².